The molecule has 172 valence electrons. The van der Waals surface area contributed by atoms with E-state index in [0.29, 0.717) is 21.8 Å². The zero-order valence-corrected chi connectivity index (χ0v) is 20.4. The van der Waals surface area contributed by atoms with Crippen molar-refractivity contribution in [2.24, 2.45) is 4.99 Å². The van der Waals surface area contributed by atoms with Gasteiger partial charge in [0.2, 0.25) is 0 Å². The molecule has 4 rings (SSSR count). The molecule has 1 aromatic heterocycles. The highest BCUT2D eigenvalue weighted by Crippen LogP contribution is 2.44. The SMILES string of the molecule is CC(C)(C)N1C(c2ccc(Cl)cc2Cl)=CC(C(F)(F)F)=NC1c1cccc(-c2cccs2)c1. The topological polar surface area (TPSA) is 15.6 Å². The summed E-state index contributed by atoms with van der Waals surface area (Å²) >= 11 is 14.1. The van der Waals surface area contributed by atoms with Gasteiger partial charge in [-0.2, -0.15) is 13.2 Å². The summed E-state index contributed by atoms with van der Waals surface area (Å²) in [6.07, 6.45) is -4.44. The molecule has 1 unspecified atom stereocenters. The van der Waals surface area contributed by atoms with E-state index >= 15 is 0 Å². The largest absolute Gasteiger partial charge is 0.433 e. The van der Waals surface area contributed by atoms with Gasteiger partial charge in [0, 0.05) is 26.7 Å². The average Bonchev–Trinajstić information content (AvgIpc) is 3.26. The van der Waals surface area contributed by atoms with E-state index in [2.05, 4.69) is 4.99 Å². The van der Waals surface area contributed by atoms with Crippen LogP contribution in [0.2, 0.25) is 10.0 Å². The molecular formula is C25H21Cl2F3N2S. The molecule has 8 heteroatoms. The van der Waals surface area contributed by atoms with Gasteiger partial charge in [0.25, 0.3) is 0 Å². The molecule has 1 aliphatic rings. The van der Waals surface area contributed by atoms with Crippen molar-refractivity contribution in [3.63, 3.8) is 0 Å². The molecule has 0 aliphatic carbocycles. The smallest absolute Gasteiger partial charge is 0.340 e. The van der Waals surface area contributed by atoms with Gasteiger partial charge in [-0.25, -0.2) is 0 Å². The van der Waals surface area contributed by atoms with Gasteiger partial charge in [0.15, 0.2) is 0 Å². The second kappa shape index (κ2) is 8.82. The molecular weight excluding hydrogens is 488 g/mol. The summed E-state index contributed by atoms with van der Waals surface area (Å²) in [6.45, 7) is 5.82. The standard InChI is InChI=1S/C25H21Cl2F3N2S/c1-24(2,3)32-20(18-10-9-17(26)13-19(18)27)14-22(25(28,29)30)31-23(32)16-7-4-6-15(12-16)21-8-5-11-33-21/h4-14,23H,1-3H3. The zero-order chi connectivity index (χ0) is 24.0. The second-order valence-electron chi connectivity index (χ2n) is 8.68. The highest BCUT2D eigenvalue weighted by Gasteiger charge is 2.42. The van der Waals surface area contributed by atoms with E-state index in [1.165, 1.54) is 6.07 Å². The van der Waals surface area contributed by atoms with E-state index in [9.17, 15) is 13.2 Å². The maximum atomic E-state index is 14.0. The Hall–Kier alpha value is -2.28. The molecule has 0 saturated carbocycles. The summed E-state index contributed by atoms with van der Waals surface area (Å²) in [4.78, 5) is 7.11. The fourth-order valence-electron chi connectivity index (χ4n) is 3.86. The number of benzene rings is 2. The van der Waals surface area contributed by atoms with Crippen LogP contribution in [-0.2, 0) is 0 Å². The minimum absolute atomic E-state index is 0.275. The van der Waals surface area contributed by atoms with Crippen molar-refractivity contribution in [2.75, 3.05) is 0 Å². The minimum Gasteiger partial charge on any atom is -0.340 e. The molecule has 2 nitrogen and oxygen atoms in total. The van der Waals surface area contributed by atoms with Crippen LogP contribution >= 0.6 is 34.5 Å². The molecule has 0 bridgehead atoms. The number of hydrogen-bond donors (Lipinski definition) is 0. The van der Waals surface area contributed by atoms with E-state index in [1.54, 1.807) is 23.5 Å². The van der Waals surface area contributed by atoms with Crippen molar-refractivity contribution in [1.29, 1.82) is 0 Å². The van der Waals surface area contributed by atoms with Gasteiger partial charge in [-0.15, -0.1) is 11.3 Å². The average molecular weight is 509 g/mol. The summed E-state index contributed by atoms with van der Waals surface area (Å²) in [5.41, 5.74) is 0.883. The van der Waals surface area contributed by atoms with Gasteiger partial charge >= 0.3 is 6.18 Å². The third-order valence-electron chi connectivity index (χ3n) is 5.25. The zero-order valence-electron chi connectivity index (χ0n) is 18.1. The van der Waals surface area contributed by atoms with Crippen molar-refractivity contribution in [3.05, 3.63) is 87.2 Å². The number of alkyl halides is 3. The van der Waals surface area contributed by atoms with Crippen molar-refractivity contribution >= 4 is 45.9 Å². The third kappa shape index (κ3) is 4.98. The summed E-state index contributed by atoms with van der Waals surface area (Å²) in [7, 11) is 0. The maximum Gasteiger partial charge on any atom is 0.433 e. The lowest BCUT2D eigenvalue weighted by Crippen LogP contribution is -2.45. The van der Waals surface area contributed by atoms with E-state index in [4.69, 9.17) is 23.2 Å². The lowest BCUT2D eigenvalue weighted by molar-refractivity contribution is -0.0590. The first-order chi connectivity index (χ1) is 15.4. The van der Waals surface area contributed by atoms with Gasteiger partial charge in [-0.3, -0.25) is 4.99 Å². The Labute approximate surface area is 205 Å². The Kier molecular flexibility index (Phi) is 6.38. The van der Waals surface area contributed by atoms with Crippen molar-refractivity contribution in [3.8, 4) is 10.4 Å². The lowest BCUT2D eigenvalue weighted by Gasteiger charge is -2.46. The fourth-order valence-corrected chi connectivity index (χ4v) is 5.09. The Balaban J connectivity index is 1.93. The predicted octanol–water partition coefficient (Wildman–Crippen LogP) is 8.88. The highest BCUT2D eigenvalue weighted by molar-refractivity contribution is 7.13. The molecule has 0 spiro atoms. The Morgan fingerprint density at radius 1 is 0.970 bits per heavy atom. The third-order valence-corrected chi connectivity index (χ3v) is 6.72. The van der Waals surface area contributed by atoms with Crippen LogP contribution < -0.4 is 0 Å². The Bertz CT molecular complexity index is 1230. The van der Waals surface area contributed by atoms with Crippen LogP contribution in [-0.4, -0.2) is 22.3 Å². The summed E-state index contributed by atoms with van der Waals surface area (Å²) in [5.74, 6) is 0. The molecule has 0 N–H and O–H groups in total. The number of allylic oxidation sites excluding steroid dienone is 1. The summed E-state index contributed by atoms with van der Waals surface area (Å²) in [5, 5.41) is 2.65. The van der Waals surface area contributed by atoms with Gasteiger partial charge in [0.1, 0.15) is 11.9 Å². The van der Waals surface area contributed by atoms with Crippen LogP contribution in [0.1, 0.15) is 38.1 Å². The van der Waals surface area contributed by atoms with Crippen molar-refractivity contribution in [1.82, 2.24) is 4.90 Å². The molecule has 0 saturated heterocycles. The van der Waals surface area contributed by atoms with Crippen LogP contribution in [0.25, 0.3) is 16.1 Å². The molecule has 2 aromatic carbocycles. The Morgan fingerprint density at radius 2 is 1.73 bits per heavy atom. The summed E-state index contributed by atoms with van der Waals surface area (Å²) < 4.78 is 41.9. The number of thiophene rings is 1. The van der Waals surface area contributed by atoms with Gasteiger partial charge < -0.3 is 4.90 Å². The van der Waals surface area contributed by atoms with Crippen LogP contribution in [0.3, 0.4) is 0 Å². The van der Waals surface area contributed by atoms with Crippen molar-refractivity contribution < 1.29 is 13.2 Å². The quantitative estimate of drug-likeness (QED) is 0.344. The predicted molar refractivity (Wildman–Crippen MR) is 132 cm³/mol. The first kappa shape index (κ1) is 23.9. The van der Waals surface area contributed by atoms with E-state index in [0.717, 1.165) is 16.5 Å². The number of halogens is 5. The van der Waals surface area contributed by atoms with Gasteiger partial charge in [-0.1, -0.05) is 47.5 Å². The van der Waals surface area contributed by atoms with Crippen LogP contribution in [0.15, 0.2) is 71.0 Å². The van der Waals surface area contributed by atoms with E-state index in [-0.39, 0.29) is 5.02 Å². The number of nitrogens with zero attached hydrogens (tertiary/aromatic N) is 2. The molecule has 2 heterocycles. The van der Waals surface area contributed by atoms with Crippen LogP contribution in [0.5, 0.6) is 0 Å². The molecule has 33 heavy (non-hydrogen) atoms. The molecule has 1 atom stereocenters. The number of rotatable bonds is 3. The number of aliphatic imine (C=N–C) groups is 1. The van der Waals surface area contributed by atoms with Crippen LogP contribution in [0, 0.1) is 0 Å². The molecule has 0 amide bonds. The highest BCUT2D eigenvalue weighted by atomic mass is 35.5. The molecule has 0 fully saturated rings. The monoisotopic (exact) mass is 508 g/mol. The first-order valence-electron chi connectivity index (χ1n) is 10.2. The van der Waals surface area contributed by atoms with E-state index in [1.807, 2.05) is 67.4 Å². The molecule has 3 aromatic rings. The number of hydrogen-bond acceptors (Lipinski definition) is 3. The summed E-state index contributed by atoms with van der Waals surface area (Å²) in [6, 6.07) is 16.2. The normalized spacial score (nSPS) is 17.1. The maximum absolute atomic E-state index is 14.0. The van der Waals surface area contributed by atoms with Crippen molar-refractivity contribution in [2.45, 2.75) is 38.7 Å². The molecule has 1 aliphatic heterocycles. The fraction of sp³-hybridized carbons (Fsp3) is 0.240. The first-order valence-corrected chi connectivity index (χ1v) is 11.8. The molecule has 0 radical (unpaired) electrons. The van der Waals surface area contributed by atoms with E-state index < -0.39 is 23.6 Å². The Morgan fingerprint density at radius 3 is 2.33 bits per heavy atom. The van der Waals surface area contributed by atoms with Crippen LogP contribution in [0.4, 0.5) is 13.2 Å². The second-order valence-corrected chi connectivity index (χ2v) is 10.5. The lowest BCUT2D eigenvalue weighted by atomic mass is 9.95. The minimum atomic E-state index is -4.61. The van der Waals surface area contributed by atoms with Gasteiger partial charge in [-0.05, 0) is 73.7 Å². The van der Waals surface area contributed by atoms with Gasteiger partial charge in [0.05, 0.1) is 5.02 Å².